The predicted octanol–water partition coefficient (Wildman–Crippen LogP) is 1.43. The standard InChI is InChI=1S/C21H24N4O5/c1-28-15-6-3-5-14(13-15)24-8-10-25(11-9-24)21-22-18(16-7-4-12-30-16)17(19(26)23-21)20(27)29-2/h3-7,12-13,17-18H,8-11H2,1-2H3,(H,22,23,26)/t17-,18+/m0/s1. The van der Waals surface area contributed by atoms with Crippen LogP contribution in [-0.2, 0) is 14.3 Å². The Morgan fingerprint density at radius 1 is 1.13 bits per heavy atom. The molecule has 2 aliphatic rings. The number of esters is 1. The molecule has 158 valence electrons. The van der Waals surface area contributed by atoms with Crippen molar-refractivity contribution in [1.82, 2.24) is 10.2 Å². The Kier molecular flexibility index (Phi) is 5.60. The van der Waals surface area contributed by atoms with Gasteiger partial charge in [-0.2, -0.15) is 0 Å². The van der Waals surface area contributed by atoms with E-state index in [4.69, 9.17) is 13.9 Å². The normalized spacial score (nSPS) is 21.7. The highest BCUT2D eigenvalue weighted by molar-refractivity contribution is 6.08. The molecule has 1 aromatic heterocycles. The Bertz CT molecular complexity index is 935. The van der Waals surface area contributed by atoms with E-state index >= 15 is 0 Å². The summed E-state index contributed by atoms with van der Waals surface area (Å²) in [4.78, 5) is 33.8. The maximum atomic E-state index is 12.7. The summed E-state index contributed by atoms with van der Waals surface area (Å²) < 4.78 is 15.6. The molecule has 2 atom stereocenters. The molecule has 0 saturated carbocycles. The molecule has 0 spiro atoms. The Hall–Kier alpha value is -3.49. The zero-order valence-corrected chi connectivity index (χ0v) is 16.9. The second-order valence-corrected chi connectivity index (χ2v) is 7.08. The van der Waals surface area contributed by atoms with Crippen molar-refractivity contribution in [1.29, 1.82) is 0 Å². The number of methoxy groups -OCH3 is 2. The summed E-state index contributed by atoms with van der Waals surface area (Å²) in [6.45, 7) is 2.86. The van der Waals surface area contributed by atoms with E-state index in [-0.39, 0.29) is 0 Å². The minimum Gasteiger partial charge on any atom is -0.497 e. The van der Waals surface area contributed by atoms with Crippen molar-refractivity contribution < 1.29 is 23.5 Å². The van der Waals surface area contributed by atoms with Crippen LogP contribution in [0.3, 0.4) is 0 Å². The number of ether oxygens (including phenoxy) is 2. The highest BCUT2D eigenvalue weighted by atomic mass is 16.5. The number of carbonyl (C=O) groups excluding carboxylic acids is 2. The Balaban J connectivity index is 1.51. The van der Waals surface area contributed by atoms with Gasteiger partial charge in [-0.3, -0.25) is 14.9 Å². The first-order chi connectivity index (χ1) is 14.6. The molecule has 1 N–H and O–H groups in total. The topological polar surface area (TPSA) is 96.6 Å². The molecule has 4 rings (SSSR count). The smallest absolute Gasteiger partial charge is 0.320 e. The van der Waals surface area contributed by atoms with Crippen LogP contribution in [0.2, 0.25) is 0 Å². The number of nitrogens with zero attached hydrogens (tertiary/aromatic N) is 3. The van der Waals surface area contributed by atoms with Gasteiger partial charge in [0.15, 0.2) is 5.92 Å². The summed E-state index contributed by atoms with van der Waals surface area (Å²) in [6.07, 6.45) is 1.50. The van der Waals surface area contributed by atoms with Crippen LogP contribution < -0.4 is 15.0 Å². The molecule has 1 saturated heterocycles. The van der Waals surface area contributed by atoms with Gasteiger partial charge in [-0.25, -0.2) is 4.99 Å². The first-order valence-electron chi connectivity index (χ1n) is 9.74. The third-order valence-corrected chi connectivity index (χ3v) is 5.38. The van der Waals surface area contributed by atoms with Crippen molar-refractivity contribution in [3.63, 3.8) is 0 Å². The molecular formula is C21H24N4O5. The molecule has 2 aromatic rings. The van der Waals surface area contributed by atoms with E-state index < -0.39 is 23.8 Å². The van der Waals surface area contributed by atoms with E-state index in [2.05, 4.69) is 15.2 Å². The lowest BCUT2D eigenvalue weighted by molar-refractivity contribution is -0.151. The number of benzene rings is 1. The van der Waals surface area contributed by atoms with Crippen LogP contribution in [0.15, 0.2) is 52.1 Å². The maximum Gasteiger partial charge on any atom is 0.320 e. The number of furan rings is 1. The predicted molar refractivity (Wildman–Crippen MR) is 109 cm³/mol. The summed E-state index contributed by atoms with van der Waals surface area (Å²) in [5.74, 6) is -0.445. The molecule has 3 heterocycles. The zero-order chi connectivity index (χ0) is 21.1. The van der Waals surface area contributed by atoms with Crippen molar-refractivity contribution >= 4 is 23.5 Å². The second kappa shape index (κ2) is 8.48. The maximum absolute atomic E-state index is 12.7. The lowest BCUT2D eigenvalue weighted by atomic mass is 9.95. The van der Waals surface area contributed by atoms with Crippen LogP contribution in [0.25, 0.3) is 0 Å². The lowest BCUT2D eigenvalue weighted by Gasteiger charge is -2.39. The van der Waals surface area contributed by atoms with Crippen molar-refractivity contribution in [3.8, 4) is 5.75 Å². The van der Waals surface area contributed by atoms with Gasteiger partial charge < -0.3 is 23.7 Å². The van der Waals surface area contributed by atoms with Crippen LogP contribution in [0.4, 0.5) is 5.69 Å². The first kappa shape index (κ1) is 19.8. The number of carbonyl (C=O) groups is 2. The minimum atomic E-state index is -1.08. The van der Waals surface area contributed by atoms with Crippen LogP contribution in [0.1, 0.15) is 11.8 Å². The number of piperazine rings is 1. The van der Waals surface area contributed by atoms with E-state index in [1.54, 1.807) is 19.2 Å². The van der Waals surface area contributed by atoms with Gasteiger partial charge >= 0.3 is 5.97 Å². The van der Waals surface area contributed by atoms with Crippen LogP contribution in [0.5, 0.6) is 5.75 Å². The van der Waals surface area contributed by atoms with Crippen molar-refractivity contribution in [2.75, 3.05) is 45.3 Å². The van der Waals surface area contributed by atoms with Crippen LogP contribution in [0, 0.1) is 5.92 Å². The first-order valence-corrected chi connectivity index (χ1v) is 9.74. The molecule has 0 unspecified atom stereocenters. The number of amides is 1. The SMILES string of the molecule is COC(=O)[C@@H]1C(=O)NC(N2CCN(c3cccc(OC)c3)CC2)=N[C@@H]1c1ccco1. The number of hydrogen-bond donors (Lipinski definition) is 1. The summed E-state index contributed by atoms with van der Waals surface area (Å²) in [5, 5.41) is 2.77. The fraction of sp³-hybridized carbons (Fsp3) is 0.381. The molecule has 0 aliphatic carbocycles. The molecule has 30 heavy (non-hydrogen) atoms. The molecule has 1 fully saturated rings. The number of aliphatic imine (C=N–C) groups is 1. The van der Waals surface area contributed by atoms with Gasteiger partial charge in [-0.05, 0) is 24.3 Å². The van der Waals surface area contributed by atoms with E-state index in [0.29, 0.717) is 24.8 Å². The van der Waals surface area contributed by atoms with Crippen LogP contribution >= 0.6 is 0 Å². The number of rotatable bonds is 4. The molecule has 9 nitrogen and oxygen atoms in total. The fourth-order valence-corrected chi connectivity index (χ4v) is 3.76. The van der Waals surface area contributed by atoms with E-state index in [1.807, 2.05) is 29.2 Å². The summed E-state index contributed by atoms with van der Waals surface area (Å²) >= 11 is 0. The largest absolute Gasteiger partial charge is 0.497 e. The molecule has 2 aliphatic heterocycles. The molecule has 1 aromatic carbocycles. The van der Waals surface area contributed by atoms with E-state index in [9.17, 15) is 9.59 Å². The van der Waals surface area contributed by atoms with E-state index in [1.165, 1.54) is 13.4 Å². The quantitative estimate of drug-likeness (QED) is 0.599. The molecule has 0 bridgehead atoms. The van der Waals surface area contributed by atoms with Crippen molar-refractivity contribution in [2.24, 2.45) is 10.9 Å². The average Bonchev–Trinajstić information content (AvgIpc) is 3.33. The molecular weight excluding hydrogens is 388 g/mol. The van der Waals surface area contributed by atoms with Gasteiger partial charge in [0.05, 0.1) is 20.5 Å². The Morgan fingerprint density at radius 3 is 2.57 bits per heavy atom. The van der Waals surface area contributed by atoms with Gasteiger partial charge in [0.25, 0.3) is 0 Å². The average molecular weight is 412 g/mol. The van der Waals surface area contributed by atoms with Crippen molar-refractivity contribution in [2.45, 2.75) is 6.04 Å². The highest BCUT2D eigenvalue weighted by Gasteiger charge is 2.43. The van der Waals surface area contributed by atoms with Gasteiger partial charge in [-0.1, -0.05) is 6.07 Å². The lowest BCUT2D eigenvalue weighted by Crippen LogP contribution is -2.57. The third-order valence-electron chi connectivity index (χ3n) is 5.38. The van der Waals surface area contributed by atoms with Crippen molar-refractivity contribution in [3.05, 3.63) is 48.4 Å². The van der Waals surface area contributed by atoms with Gasteiger partial charge in [0.1, 0.15) is 17.6 Å². The summed E-state index contributed by atoms with van der Waals surface area (Å²) in [7, 11) is 2.91. The summed E-state index contributed by atoms with van der Waals surface area (Å²) in [5.41, 5.74) is 1.09. The Morgan fingerprint density at radius 2 is 1.90 bits per heavy atom. The minimum absolute atomic E-state index is 0.441. The van der Waals surface area contributed by atoms with Gasteiger partial charge in [0.2, 0.25) is 11.9 Å². The highest BCUT2D eigenvalue weighted by Crippen LogP contribution is 2.31. The molecule has 1 amide bonds. The molecule has 0 radical (unpaired) electrons. The van der Waals surface area contributed by atoms with E-state index in [0.717, 1.165) is 24.5 Å². The fourth-order valence-electron chi connectivity index (χ4n) is 3.76. The molecule has 9 heteroatoms. The monoisotopic (exact) mass is 412 g/mol. The van der Waals surface area contributed by atoms with Gasteiger partial charge in [0, 0.05) is 37.9 Å². The number of hydrogen-bond acceptors (Lipinski definition) is 8. The number of anilines is 1. The zero-order valence-electron chi connectivity index (χ0n) is 16.9. The number of nitrogens with one attached hydrogen (secondary N) is 1. The third kappa shape index (κ3) is 3.83. The second-order valence-electron chi connectivity index (χ2n) is 7.08. The summed E-state index contributed by atoms with van der Waals surface area (Å²) in [6, 6.07) is 10.6. The Labute approximate surface area is 174 Å². The number of guanidine groups is 1. The van der Waals surface area contributed by atoms with Crippen LogP contribution in [-0.4, -0.2) is 63.1 Å². The van der Waals surface area contributed by atoms with Gasteiger partial charge in [-0.15, -0.1) is 0 Å².